The average molecular weight is 694 g/mol. The van der Waals surface area contributed by atoms with Crippen LogP contribution in [0.1, 0.15) is 40.9 Å². The number of piperidine rings is 1. The molecule has 7 rings (SSSR count). The zero-order valence-corrected chi connectivity index (χ0v) is 28.1. The van der Waals surface area contributed by atoms with Gasteiger partial charge in [0.15, 0.2) is 11.2 Å². The van der Waals surface area contributed by atoms with Crippen molar-refractivity contribution in [3.63, 3.8) is 0 Å². The lowest BCUT2D eigenvalue weighted by molar-refractivity contribution is -0.134. The number of benzene rings is 3. The van der Waals surface area contributed by atoms with Crippen molar-refractivity contribution < 1.29 is 18.8 Å². The fraction of sp³-hybridized carbons (Fsp3) is 0.297. The van der Waals surface area contributed by atoms with Gasteiger partial charge in [0.05, 0.1) is 11.1 Å². The number of aromatic nitrogens is 3. The van der Waals surface area contributed by atoms with Crippen molar-refractivity contribution >= 4 is 46.0 Å². The van der Waals surface area contributed by atoms with Crippen LogP contribution in [-0.2, 0) is 22.6 Å². The van der Waals surface area contributed by atoms with Gasteiger partial charge >= 0.3 is 0 Å². The third-order valence-electron chi connectivity index (χ3n) is 9.28. The second-order valence-electron chi connectivity index (χ2n) is 12.6. The summed E-state index contributed by atoms with van der Waals surface area (Å²) in [6.07, 6.45) is 5.67. The van der Waals surface area contributed by atoms with E-state index in [1.54, 1.807) is 35.2 Å². The number of anilines is 1. The molecule has 0 radical (unpaired) electrons. The smallest absolute Gasteiger partial charge is 0.287 e. The predicted octanol–water partition coefficient (Wildman–Crippen LogP) is 4.23. The summed E-state index contributed by atoms with van der Waals surface area (Å²) in [5.41, 5.74) is 3.40. The number of amides is 3. The first-order valence-corrected chi connectivity index (χ1v) is 17.1. The summed E-state index contributed by atoms with van der Waals surface area (Å²) < 4.78 is 7.39. The number of halogens is 1. The summed E-state index contributed by atoms with van der Waals surface area (Å²) in [4.78, 5) is 63.2. The van der Waals surface area contributed by atoms with Crippen LogP contribution in [0.2, 0.25) is 5.02 Å². The van der Waals surface area contributed by atoms with Gasteiger partial charge in [-0.2, -0.15) is 5.10 Å². The number of carbonyl (C=O) groups excluding carboxylic acids is 3. The minimum atomic E-state index is -0.927. The van der Waals surface area contributed by atoms with E-state index in [0.717, 1.165) is 42.3 Å². The van der Waals surface area contributed by atoms with Gasteiger partial charge in [-0.3, -0.25) is 19.2 Å². The number of nitrogens with one attached hydrogen (secondary N) is 1. The molecule has 2 aliphatic rings. The van der Waals surface area contributed by atoms with E-state index in [0.29, 0.717) is 49.9 Å². The summed E-state index contributed by atoms with van der Waals surface area (Å²) in [5.74, 6) is -0.911. The largest absolute Gasteiger partial charge is 0.451 e. The molecule has 5 aromatic rings. The lowest BCUT2D eigenvalue weighted by Crippen LogP contribution is -2.55. The van der Waals surface area contributed by atoms with E-state index in [9.17, 15) is 19.2 Å². The minimum Gasteiger partial charge on any atom is -0.451 e. The van der Waals surface area contributed by atoms with Gasteiger partial charge in [0.1, 0.15) is 24.3 Å². The van der Waals surface area contributed by atoms with Crippen LogP contribution >= 0.6 is 11.6 Å². The Labute approximate surface area is 293 Å². The number of hydrogen-bond acceptors (Lipinski definition) is 8. The number of piperazine rings is 1. The average Bonchev–Trinajstić information content (AvgIpc) is 3.68. The molecule has 12 nitrogen and oxygen atoms in total. The lowest BCUT2D eigenvalue weighted by atomic mass is 10.0. The van der Waals surface area contributed by atoms with Gasteiger partial charge in [0.2, 0.25) is 11.8 Å². The van der Waals surface area contributed by atoms with E-state index in [2.05, 4.69) is 32.4 Å². The Kier molecular flexibility index (Phi) is 9.61. The Hall–Kier alpha value is -5.49. The SMILES string of the molecule is O=C(N[C@H](Cc1ccc(Cl)cc1)C(=O)N1CCN(c2ccccc2CN2CCCCC2=O)CC1)c1cc(=O)c2cc(-n3cncn3)ccc2o1. The summed E-state index contributed by atoms with van der Waals surface area (Å²) in [7, 11) is 0. The number of carbonyl (C=O) groups is 3. The molecule has 0 unspecified atom stereocenters. The van der Waals surface area contributed by atoms with Crippen LogP contribution < -0.4 is 15.6 Å². The number of nitrogens with zero attached hydrogens (tertiary/aromatic N) is 6. The topological polar surface area (TPSA) is 134 Å². The van der Waals surface area contributed by atoms with Crippen LogP contribution in [0.5, 0.6) is 0 Å². The quantitative estimate of drug-likeness (QED) is 0.243. The number of rotatable bonds is 9. The summed E-state index contributed by atoms with van der Waals surface area (Å²) in [5, 5.41) is 7.79. The van der Waals surface area contributed by atoms with Crippen molar-refractivity contribution in [2.24, 2.45) is 0 Å². The number of para-hydroxylation sites is 1. The van der Waals surface area contributed by atoms with Crippen LogP contribution in [0.15, 0.2) is 94.7 Å². The van der Waals surface area contributed by atoms with E-state index in [1.807, 2.05) is 29.2 Å². The highest BCUT2D eigenvalue weighted by Gasteiger charge is 2.31. The molecule has 0 bridgehead atoms. The van der Waals surface area contributed by atoms with Crippen LogP contribution in [0.25, 0.3) is 16.7 Å². The molecule has 2 saturated heterocycles. The molecule has 3 amide bonds. The normalized spacial score (nSPS) is 15.7. The molecule has 256 valence electrons. The van der Waals surface area contributed by atoms with Gasteiger partial charge in [-0.15, -0.1) is 0 Å². The predicted molar refractivity (Wildman–Crippen MR) is 188 cm³/mol. The Morgan fingerprint density at radius 2 is 1.72 bits per heavy atom. The number of fused-ring (bicyclic) bond motifs is 1. The fourth-order valence-corrected chi connectivity index (χ4v) is 6.73. The number of hydrogen-bond donors (Lipinski definition) is 1. The first-order valence-electron chi connectivity index (χ1n) is 16.7. The van der Waals surface area contributed by atoms with Crippen LogP contribution in [0, 0.1) is 0 Å². The molecule has 1 atom stereocenters. The van der Waals surface area contributed by atoms with Crippen molar-refractivity contribution in [3.05, 3.63) is 118 Å². The van der Waals surface area contributed by atoms with Gasteiger partial charge in [0.25, 0.3) is 5.91 Å². The van der Waals surface area contributed by atoms with Crippen molar-refractivity contribution in [1.29, 1.82) is 0 Å². The Morgan fingerprint density at radius 1 is 0.920 bits per heavy atom. The maximum atomic E-state index is 14.1. The first-order chi connectivity index (χ1) is 24.3. The first kappa shape index (κ1) is 33.0. The van der Waals surface area contributed by atoms with Gasteiger partial charge < -0.3 is 24.4 Å². The highest BCUT2D eigenvalue weighted by atomic mass is 35.5. The number of likely N-dealkylation sites (tertiary alicyclic amines) is 1. The maximum Gasteiger partial charge on any atom is 0.287 e. The molecule has 0 aliphatic carbocycles. The van der Waals surface area contributed by atoms with E-state index >= 15 is 0 Å². The molecular weight excluding hydrogens is 658 g/mol. The molecular formula is C37H36ClN7O5. The molecule has 50 heavy (non-hydrogen) atoms. The van der Waals surface area contributed by atoms with Gasteiger partial charge in [0, 0.05) is 68.9 Å². The van der Waals surface area contributed by atoms with Gasteiger partial charge in [-0.1, -0.05) is 41.9 Å². The van der Waals surface area contributed by atoms with Crippen LogP contribution in [-0.4, -0.2) is 81.1 Å². The highest BCUT2D eigenvalue weighted by molar-refractivity contribution is 6.30. The molecule has 2 aromatic heterocycles. The molecule has 4 heterocycles. The van der Waals surface area contributed by atoms with E-state index in [-0.39, 0.29) is 35.0 Å². The molecule has 2 fully saturated rings. The molecule has 1 N–H and O–H groups in total. The third-order valence-corrected chi connectivity index (χ3v) is 9.53. The third kappa shape index (κ3) is 7.25. The zero-order chi connectivity index (χ0) is 34.6. The van der Waals surface area contributed by atoms with Crippen molar-refractivity contribution in [1.82, 2.24) is 29.9 Å². The minimum absolute atomic E-state index is 0.190. The van der Waals surface area contributed by atoms with Crippen LogP contribution in [0.4, 0.5) is 5.69 Å². The second-order valence-corrected chi connectivity index (χ2v) is 13.0. The summed E-state index contributed by atoms with van der Waals surface area (Å²) in [6.45, 7) is 3.41. The summed E-state index contributed by atoms with van der Waals surface area (Å²) >= 11 is 6.12. The van der Waals surface area contributed by atoms with Crippen molar-refractivity contribution in [2.45, 2.75) is 38.3 Å². The molecule has 13 heteroatoms. The van der Waals surface area contributed by atoms with Gasteiger partial charge in [-0.25, -0.2) is 9.67 Å². The summed E-state index contributed by atoms with van der Waals surface area (Å²) in [6, 6.07) is 20.4. The van der Waals surface area contributed by atoms with Gasteiger partial charge in [-0.05, 0) is 60.4 Å². The highest BCUT2D eigenvalue weighted by Crippen LogP contribution is 2.26. The Balaban J connectivity index is 1.07. The molecule has 0 saturated carbocycles. The van der Waals surface area contributed by atoms with Crippen molar-refractivity contribution in [2.75, 3.05) is 37.6 Å². The van der Waals surface area contributed by atoms with E-state index in [4.69, 9.17) is 16.0 Å². The molecule has 0 spiro atoms. The zero-order valence-electron chi connectivity index (χ0n) is 27.3. The van der Waals surface area contributed by atoms with E-state index < -0.39 is 17.4 Å². The van der Waals surface area contributed by atoms with Crippen LogP contribution in [0.3, 0.4) is 0 Å². The second kappa shape index (κ2) is 14.6. The maximum absolute atomic E-state index is 14.1. The standard InChI is InChI=1S/C37H36ClN7O5/c38-27-10-8-25(9-11-27)19-30(41-36(48)34-21-32(46)29-20-28(12-13-33(29)50-34)45-24-39-23-40-45)37(49)43-17-15-42(16-18-43)31-6-2-1-5-26(31)22-44-14-4-3-7-35(44)47/h1-2,5-6,8-13,20-21,23-24,30H,3-4,7,14-19,22H2,(H,41,48)/t30-/m1/s1. The Morgan fingerprint density at radius 3 is 2.48 bits per heavy atom. The molecule has 3 aromatic carbocycles. The Bertz CT molecular complexity index is 2070. The monoisotopic (exact) mass is 693 g/mol. The lowest BCUT2D eigenvalue weighted by Gasteiger charge is -2.39. The molecule has 2 aliphatic heterocycles. The fourth-order valence-electron chi connectivity index (χ4n) is 6.60. The van der Waals surface area contributed by atoms with E-state index in [1.165, 1.54) is 17.3 Å². The van der Waals surface area contributed by atoms with Crippen molar-refractivity contribution in [3.8, 4) is 5.69 Å².